The van der Waals surface area contributed by atoms with E-state index in [2.05, 4.69) is 22.5 Å². The van der Waals surface area contributed by atoms with Crippen LogP contribution >= 0.6 is 12.4 Å². The van der Waals surface area contributed by atoms with Crippen molar-refractivity contribution in [2.45, 2.75) is 13.0 Å². The van der Waals surface area contributed by atoms with Gasteiger partial charge in [-0.3, -0.25) is 9.69 Å². The number of nitrogens with zero attached hydrogens (tertiary/aromatic N) is 1. The van der Waals surface area contributed by atoms with E-state index in [0.717, 1.165) is 19.6 Å². The highest BCUT2D eigenvalue weighted by Gasteiger charge is 2.20. The van der Waals surface area contributed by atoms with Crippen LogP contribution in [0.2, 0.25) is 0 Å². The minimum atomic E-state index is -0.302. The Kier molecular flexibility index (Phi) is 6.21. The first kappa shape index (κ1) is 15.9. The van der Waals surface area contributed by atoms with Gasteiger partial charge in [0.15, 0.2) is 0 Å². The van der Waals surface area contributed by atoms with Gasteiger partial charge in [-0.05, 0) is 31.2 Å². The average Bonchev–Trinajstić information content (AvgIpc) is 2.35. The van der Waals surface area contributed by atoms with Crippen LogP contribution < -0.4 is 10.6 Å². The fraction of sp³-hybridized carbons (Fsp3) is 0.462. The molecule has 2 rings (SSSR count). The fourth-order valence-electron chi connectivity index (χ4n) is 2.04. The van der Waals surface area contributed by atoms with Gasteiger partial charge in [0, 0.05) is 31.4 Å². The zero-order chi connectivity index (χ0) is 13.0. The van der Waals surface area contributed by atoms with Crippen molar-refractivity contribution in [1.82, 2.24) is 10.2 Å². The number of anilines is 1. The number of carbonyl (C=O) groups excluding carboxylic acids is 1. The van der Waals surface area contributed by atoms with Crippen LogP contribution in [0.4, 0.5) is 10.1 Å². The SMILES string of the molecule is CC1CNCCN1CC(=O)Nc1ccc(F)cc1.Cl. The van der Waals surface area contributed by atoms with Crippen molar-refractivity contribution in [3.05, 3.63) is 30.1 Å². The Hall–Kier alpha value is -1.17. The van der Waals surface area contributed by atoms with E-state index in [1.807, 2.05) is 0 Å². The minimum absolute atomic E-state index is 0. The minimum Gasteiger partial charge on any atom is -0.325 e. The number of nitrogens with one attached hydrogen (secondary N) is 2. The van der Waals surface area contributed by atoms with Crippen LogP contribution in [-0.2, 0) is 4.79 Å². The molecule has 0 bridgehead atoms. The van der Waals surface area contributed by atoms with E-state index >= 15 is 0 Å². The quantitative estimate of drug-likeness (QED) is 0.885. The topological polar surface area (TPSA) is 44.4 Å². The van der Waals surface area contributed by atoms with Crippen molar-refractivity contribution in [2.75, 3.05) is 31.5 Å². The summed E-state index contributed by atoms with van der Waals surface area (Å²) in [6.45, 7) is 5.16. The zero-order valence-electron chi connectivity index (χ0n) is 10.9. The standard InChI is InChI=1S/C13H18FN3O.ClH/c1-10-8-15-6-7-17(10)9-13(18)16-12-4-2-11(14)3-5-12;/h2-5,10,15H,6-9H2,1H3,(H,16,18);1H. The van der Waals surface area contributed by atoms with E-state index in [4.69, 9.17) is 0 Å². The van der Waals surface area contributed by atoms with E-state index in [1.54, 1.807) is 12.1 Å². The van der Waals surface area contributed by atoms with E-state index in [1.165, 1.54) is 12.1 Å². The maximum absolute atomic E-state index is 12.7. The second-order valence-electron chi connectivity index (χ2n) is 4.58. The number of benzene rings is 1. The van der Waals surface area contributed by atoms with Gasteiger partial charge in [-0.2, -0.15) is 0 Å². The van der Waals surface area contributed by atoms with Gasteiger partial charge in [0.25, 0.3) is 0 Å². The molecule has 1 aliphatic heterocycles. The lowest BCUT2D eigenvalue weighted by Gasteiger charge is -2.33. The number of halogens is 2. The summed E-state index contributed by atoms with van der Waals surface area (Å²) in [5, 5.41) is 6.05. The maximum Gasteiger partial charge on any atom is 0.238 e. The van der Waals surface area contributed by atoms with Crippen LogP contribution in [0.5, 0.6) is 0 Å². The molecule has 1 heterocycles. The van der Waals surface area contributed by atoms with Gasteiger partial charge in [0.05, 0.1) is 6.54 Å². The molecule has 1 aliphatic rings. The third-order valence-corrected chi connectivity index (χ3v) is 3.11. The van der Waals surface area contributed by atoms with Crippen molar-refractivity contribution in [2.24, 2.45) is 0 Å². The lowest BCUT2D eigenvalue weighted by atomic mass is 10.2. The normalized spacial score (nSPS) is 19.6. The number of hydrogen-bond donors (Lipinski definition) is 2. The Morgan fingerprint density at radius 1 is 1.47 bits per heavy atom. The Balaban J connectivity index is 0.00000180. The Morgan fingerprint density at radius 2 is 2.16 bits per heavy atom. The molecule has 1 atom stereocenters. The Labute approximate surface area is 118 Å². The third-order valence-electron chi connectivity index (χ3n) is 3.11. The first-order chi connectivity index (χ1) is 8.65. The number of piperazine rings is 1. The van der Waals surface area contributed by atoms with Crippen molar-refractivity contribution >= 4 is 24.0 Å². The maximum atomic E-state index is 12.7. The van der Waals surface area contributed by atoms with E-state index in [9.17, 15) is 9.18 Å². The average molecular weight is 288 g/mol. The van der Waals surface area contributed by atoms with Gasteiger partial charge < -0.3 is 10.6 Å². The van der Waals surface area contributed by atoms with Crippen LogP contribution in [0, 0.1) is 5.82 Å². The first-order valence-electron chi connectivity index (χ1n) is 6.15. The van der Waals surface area contributed by atoms with Gasteiger partial charge in [-0.25, -0.2) is 4.39 Å². The molecule has 1 fully saturated rings. The molecule has 0 saturated carbocycles. The van der Waals surface area contributed by atoms with Crippen molar-refractivity contribution in [1.29, 1.82) is 0 Å². The summed E-state index contributed by atoms with van der Waals surface area (Å²) in [7, 11) is 0. The monoisotopic (exact) mass is 287 g/mol. The molecule has 1 aromatic carbocycles. The molecule has 0 aliphatic carbocycles. The predicted octanol–water partition coefficient (Wildman–Crippen LogP) is 1.48. The van der Waals surface area contributed by atoms with Crippen molar-refractivity contribution < 1.29 is 9.18 Å². The summed E-state index contributed by atoms with van der Waals surface area (Å²) in [4.78, 5) is 14.0. The number of amides is 1. The highest BCUT2D eigenvalue weighted by Crippen LogP contribution is 2.09. The summed E-state index contributed by atoms with van der Waals surface area (Å²) in [5.41, 5.74) is 0.629. The first-order valence-corrected chi connectivity index (χ1v) is 6.15. The third kappa shape index (κ3) is 4.78. The highest BCUT2D eigenvalue weighted by molar-refractivity contribution is 5.92. The van der Waals surface area contributed by atoms with E-state index in [-0.39, 0.29) is 24.1 Å². The number of rotatable bonds is 3. The molecular weight excluding hydrogens is 269 g/mol. The van der Waals surface area contributed by atoms with Gasteiger partial charge in [0.2, 0.25) is 5.91 Å². The molecule has 2 N–H and O–H groups in total. The predicted molar refractivity (Wildman–Crippen MR) is 76.2 cm³/mol. The largest absolute Gasteiger partial charge is 0.325 e. The van der Waals surface area contributed by atoms with Gasteiger partial charge in [-0.1, -0.05) is 0 Å². The molecule has 0 aromatic heterocycles. The van der Waals surface area contributed by atoms with Gasteiger partial charge in [0.1, 0.15) is 5.82 Å². The molecule has 1 unspecified atom stereocenters. The highest BCUT2D eigenvalue weighted by atomic mass is 35.5. The molecule has 0 radical (unpaired) electrons. The van der Waals surface area contributed by atoms with Crippen molar-refractivity contribution in [3.63, 3.8) is 0 Å². The van der Waals surface area contributed by atoms with Gasteiger partial charge in [-0.15, -0.1) is 12.4 Å². The molecule has 4 nitrogen and oxygen atoms in total. The summed E-state index contributed by atoms with van der Waals surface area (Å²) in [6, 6.07) is 6.16. The molecule has 6 heteroatoms. The van der Waals surface area contributed by atoms with E-state index < -0.39 is 0 Å². The molecule has 1 amide bonds. The number of carbonyl (C=O) groups is 1. The van der Waals surface area contributed by atoms with Crippen LogP contribution in [0.25, 0.3) is 0 Å². The molecular formula is C13H19ClFN3O. The lowest BCUT2D eigenvalue weighted by molar-refractivity contribution is -0.118. The van der Waals surface area contributed by atoms with Crippen molar-refractivity contribution in [3.8, 4) is 0 Å². The molecule has 19 heavy (non-hydrogen) atoms. The molecule has 1 aromatic rings. The summed E-state index contributed by atoms with van der Waals surface area (Å²) < 4.78 is 12.7. The Bertz CT molecular complexity index is 413. The number of hydrogen-bond acceptors (Lipinski definition) is 3. The van der Waals surface area contributed by atoms with Crippen LogP contribution in [0.3, 0.4) is 0 Å². The summed E-state index contributed by atoms with van der Waals surface area (Å²) in [5.74, 6) is -0.362. The zero-order valence-corrected chi connectivity index (χ0v) is 11.7. The second-order valence-corrected chi connectivity index (χ2v) is 4.58. The second kappa shape index (κ2) is 7.43. The van der Waals surface area contributed by atoms with Crippen LogP contribution in [0.1, 0.15) is 6.92 Å². The summed E-state index contributed by atoms with van der Waals surface area (Å²) >= 11 is 0. The van der Waals surface area contributed by atoms with Crippen LogP contribution in [0.15, 0.2) is 24.3 Å². The lowest BCUT2D eigenvalue weighted by Crippen LogP contribution is -2.51. The fourth-order valence-corrected chi connectivity index (χ4v) is 2.04. The molecule has 106 valence electrons. The molecule has 0 spiro atoms. The summed E-state index contributed by atoms with van der Waals surface area (Å²) in [6.07, 6.45) is 0. The van der Waals surface area contributed by atoms with E-state index in [0.29, 0.717) is 18.3 Å². The van der Waals surface area contributed by atoms with Crippen LogP contribution in [-0.4, -0.2) is 43.0 Å². The molecule has 1 saturated heterocycles. The Morgan fingerprint density at radius 3 is 2.79 bits per heavy atom. The van der Waals surface area contributed by atoms with Gasteiger partial charge >= 0.3 is 0 Å². The smallest absolute Gasteiger partial charge is 0.238 e.